The second kappa shape index (κ2) is 14.2. The van der Waals surface area contributed by atoms with Crippen LogP contribution in [0.1, 0.15) is 43.2 Å². The van der Waals surface area contributed by atoms with Gasteiger partial charge in [0.25, 0.3) is 0 Å². The van der Waals surface area contributed by atoms with E-state index in [0.717, 1.165) is 53.8 Å². The quantitative estimate of drug-likeness (QED) is 0.341. The van der Waals surface area contributed by atoms with Crippen molar-refractivity contribution in [2.75, 3.05) is 24.2 Å². The first-order valence-electron chi connectivity index (χ1n) is 14.0. The van der Waals surface area contributed by atoms with Gasteiger partial charge in [0.2, 0.25) is 21.8 Å². The molecule has 3 aromatic carbocycles. The van der Waals surface area contributed by atoms with E-state index in [0.29, 0.717) is 12.2 Å². The largest absolute Gasteiger partial charge is 0.495 e. The summed E-state index contributed by atoms with van der Waals surface area (Å²) < 4.78 is 32.4. The Kier molecular flexibility index (Phi) is 10.4. The summed E-state index contributed by atoms with van der Waals surface area (Å²) in [4.78, 5) is 29.7. The number of hydrogen-bond donors (Lipinski definition) is 1. The number of nitrogens with zero attached hydrogens (tertiary/aromatic N) is 2. The molecular formula is C32H39N3O5S. The average molecular weight is 578 g/mol. The standard InChI is InChI=1S/C32H39N3O5S/c1-40-30-21-13-12-20-28(30)35(41(2,38)39)24-31(36)34(23-26-16-8-4-9-17-26)29(22-25-14-6-3-7-15-25)32(37)33-27-18-10-5-11-19-27/h3-4,6-9,12-17,20-21,27,29H,5,10-11,18-19,22-24H2,1-2H3,(H,33,37). The summed E-state index contributed by atoms with van der Waals surface area (Å²) >= 11 is 0. The first-order valence-corrected chi connectivity index (χ1v) is 15.9. The predicted octanol–water partition coefficient (Wildman–Crippen LogP) is 4.55. The van der Waals surface area contributed by atoms with Crippen molar-refractivity contribution in [1.29, 1.82) is 0 Å². The van der Waals surface area contributed by atoms with Crippen molar-refractivity contribution < 1.29 is 22.7 Å². The van der Waals surface area contributed by atoms with Gasteiger partial charge in [-0.2, -0.15) is 0 Å². The maximum atomic E-state index is 14.2. The van der Waals surface area contributed by atoms with Gasteiger partial charge in [-0.3, -0.25) is 13.9 Å². The molecule has 4 rings (SSSR count). The summed E-state index contributed by atoms with van der Waals surface area (Å²) in [5, 5.41) is 3.21. The maximum absolute atomic E-state index is 14.2. The van der Waals surface area contributed by atoms with Gasteiger partial charge in [-0.15, -0.1) is 0 Å². The average Bonchev–Trinajstić information content (AvgIpc) is 2.98. The molecule has 1 unspecified atom stereocenters. The Morgan fingerprint density at radius 1 is 0.878 bits per heavy atom. The number of rotatable bonds is 12. The van der Waals surface area contributed by atoms with Gasteiger partial charge < -0.3 is 15.0 Å². The van der Waals surface area contributed by atoms with Gasteiger partial charge >= 0.3 is 0 Å². The number of hydrogen-bond acceptors (Lipinski definition) is 5. The third kappa shape index (κ3) is 8.33. The summed E-state index contributed by atoms with van der Waals surface area (Å²) in [5.41, 5.74) is 2.01. The van der Waals surface area contributed by atoms with Crippen molar-refractivity contribution in [3.05, 3.63) is 96.1 Å². The smallest absolute Gasteiger partial charge is 0.244 e. The number of amides is 2. The van der Waals surface area contributed by atoms with Crippen molar-refractivity contribution in [2.24, 2.45) is 0 Å². The molecule has 1 N–H and O–H groups in total. The van der Waals surface area contributed by atoms with Gasteiger partial charge in [-0.05, 0) is 36.1 Å². The minimum absolute atomic E-state index is 0.0595. The molecule has 0 aliphatic heterocycles. The topological polar surface area (TPSA) is 96.0 Å². The van der Waals surface area contributed by atoms with E-state index in [2.05, 4.69) is 5.32 Å². The highest BCUT2D eigenvalue weighted by molar-refractivity contribution is 7.92. The van der Waals surface area contributed by atoms with Crippen LogP contribution in [0.4, 0.5) is 5.69 Å². The van der Waals surface area contributed by atoms with Crippen LogP contribution in [-0.2, 0) is 32.6 Å². The van der Waals surface area contributed by atoms with Crippen LogP contribution in [0, 0.1) is 0 Å². The minimum Gasteiger partial charge on any atom is -0.495 e. The number of carbonyl (C=O) groups is 2. The Labute approximate surface area is 243 Å². The van der Waals surface area contributed by atoms with Crippen LogP contribution in [-0.4, -0.2) is 57.1 Å². The van der Waals surface area contributed by atoms with Crippen LogP contribution in [0.15, 0.2) is 84.9 Å². The van der Waals surface area contributed by atoms with Crippen molar-refractivity contribution >= 4 is 27.5 Å². The fourth-order valence-corrected chi connectivity index (χ4v) is 6.16. The van der Waals surface area contributed by atoms with E-state index < -0.39 is 28.5 Å². The van der Waals surface area contributed by atoms with E-state index in [1.54, 1.807) is 24.3 Å². The number of sulfonamides is 1. The van der Waals surface area contributed by atoms with Gasteiger partial charge in [0, 0.05) is 19.0 Å². The van der Waals surface area contributed by atoms with Crippen LogP contribution >= 0.6 is 0 Å². The third-order valence-electron chi connectivity index (χ3n) is 7.45. The second-order valence-electron chi connectivity index (χ2n) is 10.5. The Bertz CT molecular complexity index is 1390. The second-order valence-corrected chi connectivity index (χ2v) is 12.4. The minimum atomic E-state index is -3.87. The molecule has 0 bridgehead atoms. The molecule has 1 aliphatic rings. The molecule has 1 aliphatic carbocycles. The highest BCUT2D eigenvalue weighted by Gasteiger charge is 2.34. The summed E-state index contributed by atoms with van der Waals surface area (Å²) in [6, 6.07) is 24.9. The molecule has 0 aromatic heterocycles. The number of carbonyl (C=O) groups excluding carboxylic acids is 2. The number of para-hydroxylation sites is 2. The number of methoxy groups -OCH3 is 1. The molecule has 2 amide bonds. The highest BCUT2D eigenvalue weighted by Crippen LogP contribution is 2.30. The molecule has 9 heteroatoms. The summed E-state index contributed by atoms with van der Waals surface area (Å²) in [6.45, 7) is -0.327. The van der Waals surface area contributed by atoms with Crippen molar-refractivity contribution in [3.8, 4) is 5.75 Å². The fourth-order valence-electron chi connectivity index (χ4n) is 5.31. The van der Waals surface area contributed by atoms with E-state index >= 15 is 0 Å². The SMILES string of the molecule is COc1ccccc1N(CC(=O)N(Cc1ccccc1)C(Cc1ccccc1)C(=O)NC1CCCCC1)S(C)(=O)=O. The van der Waals surface area contributed by atoms with Gasteiger partial charge in [-0.1, -0.05) is 92.1 Å². The molecule has 1 saturated carbocycles. The molecule has 41 heavy (non-hydrogen) atoms. The lowest BCUT2D eigenvalue weighted by Gasteiger charge is -2.35. The van der Waals surface area contributed by atoms with Gasteiger partial charge in [-0.25, -0.2) is 8.42 Å². The van der Waals surface area contributed by atoms with Crippen LogP contribution in [0.3, 0.4) is 0 Å². The van der Waals surface area contributed by atoms with E-state index in [9.17, 15) is 18.0 Å². The third-order valence-corrected chi connectivity index (χ3v) is 8.58. The highest BCUT2D eigenvalue weighted by atomic mass is 32.2. The van der Waals surface area contributed by atoms with Crippen molar-refractivity contribution in [1.82, 2.24) is 10.2 Å². The lowest BCUT2D eigenvalue weighted by Crippen LogP contribution is -2.55. The molecule has 1 fully saturated rings. The monoisotopic (exact) mass is 577 g/mol. The van der Waals surface area contributed by atoms with Gasteiger partial charge in [0.1, 0.15) is 18.3 Å². The summed E-state index contributed by atoms with van der Waals surface area (Å²) in [6.07, 6.45) is 6.45. The zero-order valence-electron chi connectivity index (χ0n) is 23.7. The van der Waals surface area contributed by atoms with Crippen LogP contribution < -0.4 is 14.4 Å². The molecule has 0 spiro atoms. The van der Waals surface area contributed by atoms with Crippen LogP contribution in [0.2, 0.25) is 0 Å². The molecular weight excluding hydrogens is 538 g/mol. The molecule has 8 nitrogen and oxygen atoms in total. The molecule has 218 valence electrons. The molecule has 0 radical (unpaired) electrons. The van der Waals surface area contributed by atoms with Crippen molar-refractivity contribution in [2.45, 2.75) is 57.2 Å². The molecule has 3 aromatic rings. The lowest BCUT2D eigenvalue weighted by atomic mass is 9.94. The van der Waals surface area contributed by atoms with Crippen molar-refractivity contribution in [3.63, 3.8) is 0 Å². The van der Waals surface area contributed by atoms with Gasteiger partial charge in [0.05, 0.1) is 19.1 Å². The summed E-state index contributed by atoms with van der Waals surface area (Å²) in [7, 11) is -2.42. The fraction of sp³-hybridized carbons (Fsp3) is 0.375. The number of nitrogens with one attached hydrogen (secondary N) is 1. The van der Waals surface area contributed by atoms with E-state index in [-0.39, 0.29) is 24.2 Å². The molecule has 1 atom stereocenters. The van der Waals surface area contributed by atoms with Crippen LogP contribution in [0.25, 0.3) is 0 Å². The van der Waals surface area contributed by atoms with Crippen LogP contribution in [0.5, 0.6) is 5.75 Å². The Morgan fingerprint density at radius 2 is 1.46 bits per heavy atom. The number of ether oxygens (including phenoxy) is 1. The normalized spacial score (nSPS) is 14.6. The molecule has 0 saturated heterocycles. The maximum Gasteiger partial charge on any atom is 0.244 e. The zero-order chi connectivity index (χ0) is 29.2. The zero-order valence-corrected chi connectivity index (χ0v) is 24.6. The predicted molar refractivity (Wildman–Crippen MR) is 161 cm³/mol. The Balaban J connectivity index is 1.72. The Hall–Kier alpha value is -3.85. The lowest BCUT2D eigenvalue weighted by molar-refractivity contribution is -0.140. The van der Waals surface area contributed by atoms with E-state index in [4.69, 9.17) is 4.74 Å². The molecule has 0 heterocycles. The summed E-state index contributed by atoms with van der Waals surface area (Å²) in [5.74, 6) is -0.380. The first-order chi connectivity index (χ1) is 19.8. The van der Waals surface area contributed by atoms with E-state index in [1.807, 2.05) is 60.7 Å². The number of anilines is 1. The first kappa shape index (κ1) is 30.1. The van der Waals surface area contributed by atoms with Gasteiger partial charge in [0.15, 0.2) is 0 Å². The number of benzene rings is 3. The van der Waals surface area contributed by atoms with E-state index in [1.165, 1.54) is 12.0 Å². The Morgan fingerprint density at radius 3 is 2.07 bits per heavy atom.